The number of benzene rings is 2. The lowest BCUT2D eigenvalue weighted by Gasteiger charge is -2.48. The van der Waals surface area contributed by atoms with Crippen molar-refractivity contribution in [2.24, 2.45) is 0 Å². The summed E-state index contributed by atoms with van der Waals surface area (Å²) >= 11 is 0. The van der Waals surface area contributed by atoms with E-state index in [1.54, 1.807) is 45.0 Å². The molecule has 23 heteroatoms. The van der Waals surface area contributed by atoms with Crippen molar-refractivity contribution < 1.29 is 50.8 Å². The van der Waals surface area contributed by atoms with Gasteiger partial charge in [-0.3, -0.25) is 29.6 Å². The average Bonchev–Trinajstić information content (AvgIpc) is 1.78. The summed E-state index contributed by atoms with van der Waals surface area (Å²) in [6.07, 6.45) is 3.51. The predicted octanol–water partition coefficient (Wildman–Crippen LogP) is 7.50. The largest absolute Gasteiger partial charge is 0.490 e. The smallest absolute Gasteiger partial charge is 0.410 e. The molecule has 2 fully saturated rings. The number of aromatic amines is 1. The molecule has 460 valence electrons. The SMILES string of the molecule is Cc1n[nH]c(Nc2ncnc3cc(OCCOCCOCCOCCOCCN4CCN(C[C@H]5CN(C(=O)OC(C)(C)C)[C@H](C)CN5CC(=O)N5CC(C)(C)c6ncc(Cc7ccc(F)cc7)cc65)C(C)C4)c(S(=O)(=O)C(C)(C)C)cc23)c1C. The van der Waals surface area contributed by atoms with Crippen LogP contribution in [0.2, 0.25) is 0 Å². The number of piperazine rings is 2. The summed E-state index contributed by atoms with van der Waals surface area (Å²) in [6.45, 7) is 31.8. The van der Waals surface area contributed by atoms with Crippen LogP contribution in [-0.4, -0.2) is 212 Å². The molecule has 3 aromatic heterocycles. The second-order valence-electron chi connectivity index (χ2n) is 25.0. The first-order chi connectivity index (χ1) is 39.8. The van der Waals surface area contributed by atoms with Crippen LogP contribution in [0, 0.1) is 19.7 Å². The molecule has 2 aromatic carbocycles. The number of pyridine rings is 1. The molecular formula is C61H88FN11O10S. The zero-order valence-electron chi connectivity index (χ0n) is 51.3. The van der Waals surface area contributed by atoms with Crippen molar-refractivity contribution in [2.45, 2.75) is 128 Å². The summed E-state index contributed by atoms with van der Waals surface area (Å²) in [6, 6.07) is 11.7. The molecule has 0 radical (unpaired) electrons. The number of aryl methyl sites for hydroxylation is 1. The molecule has 1 unspecified atom stereocenters. The number of rotatable bonds is 25. The first-order valence-corrected chi connectivity index (χ1v) is 30.8. The Morgan fingerprint density at radius 3 is 2.10 bits per heavy atom. The number of carbonyl (C=O) groups is 2. The van der Waals surface area contributed by atoms with Crippen LogP contribution < -0.4 is 15.0 Å². The topological polar surface area (TPSA) is 219 Å². The van der Waals surface area contributed by atoms with Crippen LogP contribution in [0.4, 0.5) is 26.5 Å². The van der Waals surface area contributed by atoms with Crippen molar-refractivity contribution in [3.05, 3.63) is 88.9 Å². The Morgan fingerprint density at radius 2 is 1.46 bits per heavy atom. The van der Waals surface area contributed by atoms with Crippen LogP contribution in [0.3, 0.4) is 0 Å². The maximum atomic E-state index is 14.6. The molecule has 2 amide bonds. The Hall–Kier alpha value is -5.92. The van der Waals surface area contributed by atoms with E-state index in [9.17, 15) is 22.4 Å². The van der Waals surface area contributed by atoms with Crippen LogP contribution in [-0.2, 0) is 50.2 Å². The maximum Gasteiger partial charge on any atom is 0.410 e. The molecule has 3 atom stereocenters. The van der Waals surface area contributed by atoms with Gasteiger partial charge in [0.15, 0.2) is 9.84 Å². The second kappa shape index (κ2) is 27.6. The second-order valence-corrected chi connectivity index (χ2v) is 27.6. The number of halogens is 1. The molecule has 3 aliphatic rings. The van der Waals surface area contributed by atoms with Gasteiger partial charge >= 0.3 is 6.09 Å². The molecule has 3 aliphatic heterocycles. The molecule has 0 bridgehead atoms. The fourth-order valence-corrected chi connectivity index (χ4v) is 12.1. The van der Waals surface area contributed by atoms with E-state index < -0.39 is 20.2 Å². The number of nitrogens with zero attached hydrogens (tertiary/aromatic N) is 9. The van der Waals surface area contributed by atoms with Crippen molar-refractivity contribution >= 4 is 50.1 Å². The molecule has 8 rings (SSSR count). The average molecular weight is 1190 g/mol. The monoisotopic (exact) mass is 1190 g/mol. The van der Waals surface area contributed by atoms with E-state index in [0.717, 1.165) is 59.9 Å². The number of hydrogen-bond donors (Lipinski definition) is 2. The molecule has 6 heterocycles. The predicted molar refractivity (Wildman–Crippen MR) is 321 cm³/mol. The van der Waals surface area contributed by atoms with Crippen LogP contribution in [0.15, 0.2) is 59.9 Å². The number of sulfone groups is 1. The van der Waals surface area contributed by atoms with Gasteiger partial charge in [0.05, 0.1) is 86.7 Å². The maximum absolute atomic E-state index is 14.6. The highest BCUT2D eigenvalue weighted by Gasteiger charge is 2.43. The first-order valence-electron chi connectivity index (χ1n) is 29.3. The van der Waals surface area contributed by atoms with Crippen molar-refractivity contribution in [1.82, 2.24) is 44.7 Å². The molecule has 2 N–H and O–H groups in total. The number of nitrogens with one attached hydrogen (secondary N) is 2. The van der Waals surface area contributed by atoms with Crippen molar-refractivity contribution in [3.8, 4) is 5.75 Å². The van der Waals surface area contributed by atoms with Crippen LogP contribution in [0.25, 0.3) is 10.9 Å². The van der Waals surface area contributed by atoms with Gasteiger partial charge in [0.25, 0.3) is 0 Å². The molecule has 0 spiro atoms. The summed E-state index contributed by atoms with van der Waals surface area (Å²) in [7, 11) is -3.84. The standard InChI is InChI=1S/C61H88FN11O10S/c1-41-34-69(19-20-78-21-22-79-23-24-80-25-26-81-27-28-82-52-32-50-49(31-53(52)84(76,77)60(8,9)10)57(65-40-64-50)66-56-43(3)44(4)67-68-56)17-18-70(41)36-48-37-72(58(75)83-59(5,6)7)42(2)35-71(48)38-54(74)73-39-61(11,12)55-51(73)30-46(33-63-55)29-45-13-15-47(62)16-14-45/h13-16,30-33,40-42,48H,17-29,34-39H2,1-12H3,(H2,64,65,66,67,68)/t41?,42-,48+/m1/s1. The number of fused-ring (bicyclic) bond motifs is 2. The van der Waals surface area contributed by atoms with Gasteiger partial charge in [-0.15, -0.1) is 0 Å². The summed E-state index contributed by atoms with van der Waals surface area (Å²) < 4.78 is 75.3. The van der Waals surface area contributed by atoms with E-state index in [4.69, 9.17) is 33.4 Å². The van der Waals surface area contributed by atoms with Gasteiger partial charge in [-0.25, -0.2) is 27.6 Å². The van der Waals surface area contributed by atoms with Gasteiger partial charge in [-0.05, 0) is 111 Å². The lowest BCUT2D eigenvalue weighted by atomic mass is 9.91. The Bertz CT molecular complexity index is 3150. The van der Waals surface area contributed by atoms with Crippen molar-refractivity contribution in [2.75, 3.05) is 129 Å². The highest BCUT2D eigenvalue weighted by atomic mass is 32.2. The Morgan fingerprint density at radius 1 is 0.798 bits per heavy atom. The van der Waals surface area contributed by atoms with Crippen molar-refractivity contribution in [1.29, 1.82) is 0 Å². The number of anilines is 3. The van der Waals surface area contributed by atoms with Gasteiger partial charge in [-0.1, -0.05) is 26.0 Å². The molecule has 2 saturated heterocycles. The zero-order valence-corrected chi connectivity index (χ0v) is 52.1. The fourth-order valence-electron chi connectivity index (χ4n) is 10.8. The number of carbonyl (C=O) groups excluding carboxylic acids is 2. The number of aromatic nitrogens is 5. The quantitative estimate of drug-likeness (QED) is 0.0541. The van der Waals surface area contributed by atoms with E-state index in [1.165, 1.54) is 18.5 Å². The highest BCUT2D eigenvalue weighted by molar-refractivity contribution is 7.92. The van der Waals surface area contributed by atoms with Gasteiger partial charge < -0.3 is 43.5 Å². The van der Waals surface area contributed by atoms with E-state index in [0.29, 0.717) is 101 Å². The van der Waals surface area contributed by atoms with E-state index in [2.05, 4.69) is 67.0 Å². The Labute approximate surface area is 495 Å². The molecular weight excluding hydrogens is 1100 g/mol. The zero-order chi connectivity index (χ0) is 60.6. The Balaban J connectivity index is 0.732. The number of ether oxygens (including phenoxy) is 6. The molecule has 0 aliphatic carbocycles. The summed E-state index contributed by atoms with van der Waals surface area (Å²) in [4.78, 5) is 52.8. The van der Waals surface area contributed by atoms with Crippen LogP contribution in [0.1, 0.15) is 97.3 Å². The summed E-state index contributed by atoms with van der Waals surface area (Å²) in [5.41, 5.74) is 4.90. The summed E-state index contributed by atoms with van der Waals surface area (Å²) in [5.74, 6) is 0.992. The minimum atomic E-state index is -3.84. The third-order valence-electron chi connectivity index (χ3n) is 15.7. The number of hydrogen-bond acceptors (Lipinski definition) is 18. The van der Waals surface area contributed by atoms with Crippen molar-refractivity contribution in [3.63, 3.8) is 0 Å². The molecule has 5 aromatic rings. The van der Waals surface area contributed by atoms with Gasteiger partial charge in [0, 0.05) is 99.1 Å². The van der Waals surface area contributed by atoms with E-state index in [1.807, 2.05) is 57.5 Å². The van der Waals surface area contributed by atoms with Crippen LogP contribution in [0.5, 0.6) is 5.75 Å². The van der Waals surface area contributed by atoms with Crippen LogP contribution >= 0.6 is 0 Å². The fraction of sp³-hybridized carbons (Fsp3) is 0.607. The van der Waals surface area contributed by atoms with Gasteiger partial charge in [-0.2, -0.15) is 5.10 Å². The normalized spacial score (nSPS) is 19.0. The summed E-state index contributed by atoms with van der Waals surface area (Å²) in [5, 5.41) is 11.0. The van der Waals surface area contributed by atoms with E-state index >= 15 is 0 Å². The third kappa shape index (κ3) is 16.3. The van der Waals surface area contributed by atoms with E-state index in [-0.39, 0.29) is 71.8 Å². The number of amides is 2. The number of H-pyrrole nitrogens is 1. The highest BCUT2D eigenvalue weighted by Crippen LogP contribution is 2.41. The third-order valence-corrected chi connectivity index (χ3v) is 18.2. The molecule has 21 nitrogen and oxygen atoms in total. The van der Waals surface area contributed by atoms with Gasteiger partial charge in [0.1, 0.15) is 46.6 Å². The molecule has 0 saturated carbocycles. The minimum Gasteiger partial charge on any atom is -0.490 e. The lowest BCUT2D eigenvalue weighted by Crippen LogP contribution is -2.65. The first kappa shape index (κ1) is 64.1. The Kier molecular flexibility index (Phi) is 21.1. The lowest BCUT2D eigenvalue weighted by molar-refractivity contribution is -0.121. The molecule has 84 heavy (non-hydrogen) atoms. The van der Waals surface area contributed by atoms with Gasteiger partial charge in [0.2, 0.25) is 5.91 Å². The minimum absolute atomic E-state index is 0.00542.